The van der Waals surface area contributed by atoms with E-state index in [4.69, 9.17) is 15.3 Å². The second-order valence-electron chi connectivity index (χ2n) is 4.15. The molecule has 0 saturated carbocycles. The number of hydrogen-bond acceptors (Lipinski definition) is 4. The minimum atomic E-state index is -1.06. The number of carbonyl (C=O) groups is 2. The molecule has 0 spiro atoms. The number of benzene rings is 1. The Balaban J connectivity index is 0.000000315. The molecular weight excluding hydrogens is 260 g/mol. The molecule has 1 amide bonds. The molecule has 0 radical (unpaired) electrons. The molecule has 4 N–H and O–H groups in total. The van der Waals surface area contributed by atoms with Crippen LogP contribution in [0.1, 0.15) is 16.1 Å². The Morgan fingerprint density at radius 3 is 2.25 bits per heavy atom. The molecule has 0 bridgehead atoms. The monoisotopic (exact) mass is 274 g/mol. The molecule has 1 aliphatic rings. The van der Waals surface area contributed by atoms with Crippen LogP contribution in [-0.4, -0.2) is 23.5 Å². The van der Waals surface area contributed by atoms with E-state index in [1.165, 1.54) is 6.07 Å². The smallest absolute Gasteiger partial charge is 0.371 e. The average molecular weight is 274 g/mol. The first kappa shape index (κ1) is 13.8. The van der Waals surface area contributed by atoms with Crippen molar-refractivity contribution in [3.05, 3.63) is 47.7 Å². The van der Waals surface area contributed by atoms with Gasteiger partial charge in [0.25, 0.3) is 0 Å². The third-order valence-corrected chi connectivity index (χ3v) is 2.61. The maximum Gasteiger partial charge on any atom is 0.371 e. The minimum Gasteiger partial charge on any atom is -0.475 e. The van der Waals surface area contributed by atoms with Gasteiger partial charge < -0.3 is 20.6 Å². The van der Waals surface area contributed by atoms with E-state index in [1.54, 1.807) is 6.07 Å². The summed E-state index contributed by atoms with van der Waals surface area (Å²) in [5.74, 6) is -0.413. The summed E-state index contributed by atoms with van der Waals surface area (Å²) in [5.41, 5.74) is 7.34. The van der Waals surface area contributed by atoms with Gasteiger partial charge in [-0.25, -0.2) is 4.79 Å². The highest BCUT2D eigenvalue weighted by atomic mass is 16.4. The first-order valence-electron chi connectivity index (χ1n) is 5.99. The summed E-state index contributed by atoms with van der Waals surface area (Å²) < 4.78 is 5.17. The van der Waals surface area contributed by atoms with Crippen LogP contribution in [0, 0.1) is 0 Å². The lowest BCUT2D eigenvalue weighted by molar-refractivity contribution is -0.110. The Morgan fingerprint density at radius 1 is 1.25 bits per heavy atom. The number of carboxylic acids is 1. The molecule has 0 unspecified atom stereocenters. The molecule has 3 rings (SSSR count). The van der Waals surface area contributed by atoms with Gasteiger partial charge in [-0.15, -0.1) is 0 Å². The number of nitrogens with one attached hydrogen (secondary N) is 1. The molecule has 1 aromatic heterocycles. The van der Waals surface area contributed by atoms with Gasteiger partial charge in [0.05, 0.1) is 6.54 Å². The van der Waals surface area contributed by atoms with E-state index < -0.39 is 5.97 Å². The Hall–Kier alpha value is -2.60. The Morgan fingerprint density at radius 2 is 1.85 bits per heavy atom. The quantitative estimate of drug-likeness (QED) is 0.728. The van der Waals surface area contributed by atoms with E-state index in [-0.39, 0.29) is 11.7 Å². The number of aromatic carboxylic acids is 1. The zero-order valence-corrected chi connectivity index (χ0v) is 10.6. The lowest BCUT2D eigenvalue weighted by atomic mass is 10.1. The molecular formula is C14H14N2O4. The predicted octanol–water partition coefficient (Wildman–Crippen LogP) is 1.22. The highest BCUT2D eigenvalue weighted by Crippen LogP contribution is 2.22. The Labute approximate surface area is 115 Å². The van der Waals surface area contributed by atoms with E-state index in [0.29, 0.717) is 18.8 Å². The van der Waals surface area contributed by atoms with E-state index in [1.807, 2.05) is 24.3 Å². The lowest BCUT2D eigenvalue weighted by Gasteiger charge is -1.99. The summed E-state index contributed by atoms with van der Waals surface area (Å²) in [5, 5.41) is 11.2. The number of amides is 1. The lowest BCUT2D eigenvalue weighted by Crippen LogP contribution is -1.95. The molecule has 6 heteroatoms. The van der Waals surface area contributed by atoms with Crippen LogP contribution in [0.25, 0.3) is 11.3 Å². The van der Waals surface area contributed by atoms with Gasteiger partial charge in [-0.05, 0) is 17.7 Å². The van der Waals surface area contributed by atoms with Crippen LogP contribution in [0.15, 0.2) is 40.8 Å². The van der Waals surface area contributed by atoms with Crippen LogP contribution in [-0.2, 0) is 11.3 Å². The second-order valence-corrected chi connectivity index (χ2v) is 4.15. The van der Waals surface area contributed by atoms with Crippen molar-refractivity contribution in [1.29, 1.82) is 0 Å². The maximum atomic E-state index is 10.6. The first-order valence-corrected chi connectivity index (χ1v) is 5.99. The van der Waals surface area contributed by atoms with Crippen molar-refractivity contribution >= 4 is 11.9 Å². The van der Waals surface area contributed by atoms with Crippen LogP contribution in [0.5, 0.6) is 0 Å². The first-order chi connectivity index (χ1) is 9.60. The highest BCUT2D eigenvalue weighted by molar-refractivity contribution is 5.91. The van der Waals surface area contributed by atoms with Gasteiger partial charge in [-0.1, -0.05) is 24.3 Å². The number of carboxylic acid groups (broad SMARTS) is 1. The molecule has 104 valence electrons. The summed E-state index contributed by atoms with van der Waals surface area (Å²) in [6.45, 7) is 1.08. The van der Waals surface area contributed by atoms with Crippen LogP contribution in [0.3, 0.4) is 0 Å². The van der Waals surface area contributed by atoms with Crippen LogP contribution >= 0.6 is 0 Å². The van der Waals surface area contributed by atoms with Gasteiger partial charge in [0.2, 0.25) is 11.7 Å². The van der Waals surface area contributed by atoms with Gasteiger partial charge in [-0.3, -0.25) is 4.79 Å². The maximum absolute atomic E-state index is 10.6. The highest BCUT2D eigenvalue weighted by Gasteiger charge is 2.11. The fraction of sp³-hybridized carbons (Fsp3) is 0.143. The molecule has 1 fully saturated rings. The van der Waals surface area contributed by atoms with Gasteiger partial charge >= 0.3 is 5.97 Å². The predicted molar refractivity (Wildman–Crippen MR) is 72.0 cm³/mol. The van der Waals surface area contributed by atoms with Crippen LogP contribution in [0.2, 0.25) is 0 Å². The summed E-state index contributed by atoms with van der Waals surface area (Å²) >= 11 is 0. The van der Waals surface area contributed by atoms with E-state index in [9.17, 15) is 9.59 Å². The Kier molecular flexibility index (Phi) is 4.17. The zero-order chi connectivity index (χ0) is 14.5. The number of nitrogens with two attached hydrogens (primary N) is 1. The van der Waals surface area contributed by atoms with E-state index in [2.05, 4.69) is 5.32 Å². The fourth-order valence-electron chi connectivity index (χ4n) is 1.45. The van der Waals surface area contributed by atoms with Gasteiger partial charge in [0, 0.05) is 12.1 Å². The standard InChI is InChI=1S/C12H11NO3.C2H3NO/c13-7-8-1-3-9(4-2-8)10-5-6-11(16-10)12(14)15;4-2-1-3-2/h1-6H,7,13H2,(H,14,15);1H2,(H,3,4). The number of carbonyl (C=O) groups excluding carboxylic acids is 1. The summed E-state index contributed by atoms with van der Waals surface area (Å²) in [7, 11) is 0. The number of furan rings is 1. The summed E-state index contributed by atoms with van der Waals surface area (Å²) in [4.78, 5) is 20.1. The molecule has 0 atom stereocenters. The van der Waals surface area contributed by atoms with Gasteiger partial charge in [0.15, 0.2) is 0 Å². The van der Waals surface area contributed by atoms with Crippen LogP contribution < -0.4 is 11.1 Å². The molecule has 0 aliphatic carbocycles. The third-order valence-electron chi connectivity index (χ3n) is 2.61. The average Bonchev–Trinajstić information content (AvgIpc) is 3.09. The molecule has 1 aromatic carbocycles. The van der Waals surface area contributed by atoms with Crippen molar-refractivity contribution in [2.75, 3.05) is 6.54 Å². The number of hydrogen-bond donors (Lipinski definition) is 3. The van der Waals surface area contributed by atoms with Crippen LogP contribution in [0.4, 0.5) is 0 Å². The summed E-state index contributed by atoms with van der Waals surface area (Å²) in [6, 6.07) is 10.6. The van der Waals surface area contributed by atoms with E-state index in [0.717, 1.165) is 11.1 Å². The van der Waals surface area contributed by atoms with Gasteiger partial charge in [0.1, 0.15) is 5.76 Å². The van der Waals surface area contributed by atoms with Crippen molar-refractivity contribution in [3.8, 4) is 11.3 Å². The SMILES string of the molecule is NCc1ccc(-c2ccc(C(=O)O)o2)cc1.O=C1CN1. The normalized spacial score (nSPS) is 12.2. The molecule has 6 nitrogen and oxygen atoms in total. The zero-order valence-electron chi connectivity index (χ0n) is 10.6. The molecule has 1 aliphatic heterocycles. The van der Waals surface area contributed by atoms with Crippen molar-refractivity contribution < 1.29 is 19.1 Å². The molecule has 2 aromatic rings. The van der Waals surface area contributed by atoms with Crippen molar-refractivity contribution in [3.63, 3.8) is 0 Å². The van der Waals surface area contributed by atoms with E-state index >= 15 is 0 Å². The van der Waals surface area contributed by atoms with Crippen molar-refractivity contribution in [1.82, 2.24) is 5.32 Å². The van der Waals surface area contributed by atoms with Crippen molar-refractivity contribution in [2.45, 2.75) is 6.54 Å². The van der Waals surface area contributed by atoms with Crippen molar-refractivity contribution in [2.24, 2.45) is 5.73 Å². The third kappa shape index (κ3) is 3.69. The Bertz CT molecular complexity index is 610. The molecule has 20 heavy (non-hydrogen) atoms. The minimum absolute atomic E-state index is 0.0575. The second kappa shape index (κ2) is 6.03. The topological polar surface area (TPSA) is 115 Å². The summed E-state index contributed by atoms with van der Waals surface area (Å²) in [6.07, 6.45) is 0. The van der Waals surface area contributed by atoms with Gasteiger partial charge in [-0.2, -0.15) is 0 Å². The largest absolute Gasteiger partial charge is 0.475 e. The molecule has 1 saturated heterocycles. The molecule has 2 heterocycles. The number of rotatable bonds is 3. The fourth-order valence-corrected chi connectivity index (χ4v) is 1.45.